The van der Waals surface area contributed by atoms with E-state index in [1.54, 1.807) is 6.08 Å². The predicted molar refractivity (Wildman–Crippen MR) is 123 cm³/mol. The number of fused-ring (bicyclic) bond motifs is 1. The highest BCUT2D eigenvalue weighted by Gasteiger charge is 2.51. The first-order valence-electron chi connectivity index (χ1n) is 11.5. The first kappa shape index (κ1) is 23.0. The summed E-state index contributed by atoms with van der Waals surface area (Å²) in [5, 5.41) is 20.2. The van der Waals surface area contributed by atoms with Gasteiger partial charge in [-0.15, -0.1) is 0 Å². The zero-order chi connectivity index (χ0) is 21.9. The van der Waals surface area contributed by atoms with Gasteiger partial charge in [0.1, 0.15) is 0 Å². The van der Waals surface area contributed by atoms with Crippen LogP contribution in [0, 0.1) is 23.2 Å². The third-order valence-corrected chi connectivity index (χ3v) is 7.95. The van der Waals surface area contributed by atoms with Crippen molar-refractivity contribution in [3.05, 3.63) is 59.8 Å². The number of aliphatic hydroxyl groups excluding tert-OH is 2. The first-order valence-corrected chi connectivity index (χ1v) is 11.5. The van der Waals surface area contributed by atoms with Crippen LogP contribution in [-0.4, -0.2) is 28.2 Å². The second-order valence-electron chi connectivity index (χ2n) is 9.75. The van der Waals surface area contributed by atoms with Crippen molar-refractivity contribution < 1.29 is 15.0 Å². The van der Waals surface area contributed by atoms with Gasteiger partial charge >= 0.3 is 0 Å². The largest absolute Gasteiger partial charge is 0.388 e. The molecule has 0 radical (unpaired) electrons. The molecule has 3 heteroatoms. The van der Waals surface area contributed by atoms with Gasteiger partial charge in [0.25, 0.3) is 0 Å². The van der Waals surface area contributed by atoms with Crippen molar-refractivity contribution in [3.63, 3.8) is 0 Å². The van der Waals surface area contributed by atoms with Crippen molar-refractivity contribution >= 4 is 5.78 Å². The summed E-state index contributed by atoms with van der Waals surface area (Å²) < 4.78 is 0. The van der Waals surface area contributed by atoms with Gasteiger partial charge in [-0.25, -0.2) is 0 Å². The molecule has 3 fully saturated rings. The van der Waals surface area contributed by atoms with Gasteiger partial charge in [-0.3, -0.25) is 4.79 Å². The Morgan fingerprint density at radius 2 is 1.87 bits per heavy atom. The van der Waals surface area contributed by atoms with Crippen LogP contribution < -0.4 is 0 Å². The van der Waals surface area contributed by atoms with Gasteiger partial charge in [-0.1, -0.05) is 62.0 Å². The molecule has 0 aromatic rings. The summed E-state index contributed by atoms with van der Waals surface area (Å²) in [6, 6.07) is 0. The third-order valence-electron chi connectivity index (χ3n) is 7.95. The van der Waals surface area contributed by atoms with Crippen molar-refractivity contribution in [1.82, 2.24) is 0 Å². The second kappa shape index (κ2) is 9.62. The molecule has 0 saturated heterocycles. The molecule has 6 atom stereocenters. The lowest BCUT2D eigenvalue weighted by Gasteiger charge is -2.44. The van der Waals surface area contributed by atoms with Gasteiger partial charge < -0.3 is 10.2 Å². The molecule has 0 heterocycles. The molecule has 3 aliphatic rings. The van der Waals surface area contributed by atoms with Gasteiger partial charge in [-0.05, 0) is 80.8 Å². The molecular weight excluding hydrogens is 372 g/mol. The molecule has 3 nitrogen and oxygen atoms in total. The molecule has 0 spiro atoms. The third kappa shape index (κ3) is 4.63. The van der Waals surface area contributed by atoms with Crippen LogP contribution in [0.5, 0.6) is 0 Å². The van der Waals surface area contributed by atoms with E-state index in [1.165, 1.54) is 12.0 Å². The zero-order valence-corrected chi connectivity index (χ0v) is 18.8. The molecule has 0 aliphatic heterocycles. The molecule has 3 saturated carbocycles. The molecule has 3 rings (SSSR count). The van der Waals surface area contributed by atoms with Crippen LogP contribution in [0.2, 0.25) is 0 Å². The van der Waals surface area contributed by atoms with Crippen LogP contribution >= 0.6 is 0 Å². The van der Waals surface area contributed by atoms with Gasteiger partial charge in [0, 0.05) is 5.92 Å². The summed E-state index contributed by atoms with van der Waals surface area (Å²) in [5.41, 5.74) is 3.28. The van der Waals surface area contributed by atoms with Crippen LogP contribution in [0.15, 0.2) is 59.8 Å². The highest BCUT2D eigenvalue weighted by Crippen LogP contribution is 2.59. The van der Waals surface area contributed by atoms with Crippen molar-refractivity contribution in [2.45, 2.75) is 77.9 Å². The molecule has 0 aromatic carbocycles. The van der Waals surface area contributed by atoms with Crippen LogP contribution in [0.3, 0.4) is 0 Å². The van der Waals surface area contributed by atoms with Crippen LogP contribution in [0.1, 0.15) is 65.7 Å². The van der Waals surface area contributed by atoms with E-state index in [0.717, 1.165) is 31.3 Å². The van der Waals surface area contributed by atoms with E-state index in [-0.39, 0.29) is 17.1 Å². The Morgan fingerprint density at radius 3 is 2.53 bits per heavy atom. The Kier molecular flexibility index (Phi) is 7.36. The van der Waals surface area contributed by atoms with E-state index in [9.17, 15) is 15.0 Å². The van der Waals surface area contributed by atoms with Crippen molar-refractivity contribution in [3.8, 4) is 0 Å². The molecule has 164 valence electrons. The van der Waals surface area contributed by atoms with E-state index in [0.29, 0.717) is 30.3 Å². The van der Waals surface area contributed by atoms with Gasteiger partial charge in [-0.2, -0.15) is 0 Å². The Labute approximate surface area is 182 Å². The van der Waals surface area contributed by atoms with Gasteiger partial charge in [0.15, 0.2) is 5.78 Å². The van der Waals surface area contributed by atoms with E-state index in [2.05, 4.69) is 32.6 Å². The minimum absolute atomic E-state index is 0.0499. The standard InChI is InChI=1S/C27H38O3/c1-5-6-7-10-24(28)18(2)22-13-14-23-21(9-8-15-27(22,23)4)12-11-20-16-25(29)19(3)26(30)17-20/h5-7,10-12,18,22-23,25-26,29-30H,3,8-9,13-17H2,1-2,4H3/b6-5+,10-7+,21-12+/t18-,22+,23-,25+,26+,27+/m0/s1. The van der Waals surface area contributed by atoms with Crippen molar-refractivity contribution in [1.29, 1.82) is 0 Å². The SMILES string of the molecule is C=C1[C@H](O)CC(=C/C=C2\CCC[C@]3(C)[C@@H]([C@H](C)C(=O)/C=C/C=C/C)CC[C@@H]23)C[C@H]1O. The molecule has 0 bridgehead atoms. The number of allylic oxidation sites excluding steroid dienone is 7. The molecular formula is C27H38O3. The summed E-state index contributed by atoms with van der Waals surface area (Å²) in [7, 11) is 0. The number of aliphatic hydroxyl groups is 2. The monoisotopic (exact) mass is 410 g/mol. The average molecular weight is 411 g/mol. The molecule has 0 amide bonds. The Morgan fingerprint density at radius 1 is 1.17 bits per heavy atom. The maximum atomic E-state index is 12.7. The lowest BCUT2D eigenvalue weighted by atomic mass is 9.60. The van der Waals surface area contributed by atoms with Crippen molar-refractivity contribution in [2.24, 2.45) is 23.2 Å². The molecule has 30 heavy (non-hydrogen) atoms. The average Bonchev–Trinajstić information content (AvgIpc) is 3.07. The summed E-state index contributed by atoms with van der Waals surface area (Å²) in [4.78, 5) is 12.7. The predicted octanol–water partition coefficient (Wildman–Crippen LogP) is 5.46. The summed E-state index contributed by atoms with van der Waals surface area (Å²) >= 11 is 0. The fraction of sp³-hybridized carbons (Fsp3) is 0.593. The maximum Gasteiger partial charge on any atom is 0.158 e. The fourth-order valence-corrected chi connectivity index (χ4v) is 6.14. The Hall–Kier alpha value is -1.71. The molecule has 0 aromatic heterocycles. The number of hydrogen-bond donors (Lipinski definition) is 2. The molecule has 3 aliphatic carbocycles. The fourth-order valence-electron chi connectivity index (χ4n) is 6.14. The lowest BCUT2D eigenvalue weighted by molar-refractivity contribution is -0.120. The highest BCUT2D eigenvalue weighted by atomic mass is 16.3. The number of hydrogen-bond acceptors (Lipinski definition) is 3. The van der Waals surface area contributed by atoms with Gasteiger partial charge in [0.05, 0.1) is 12.2 Å². The number of rotatable bonds is 5. The molecule has 0 unspecified atom stereocenters. The number of carbonyl (C=O) groups is 1. The summed E-state index contributed by atoms with van der Waals surface area (Å²) in [6.07, 6.45) is 17.4. The lowest BCUT2D eigenvalue weighted by Crippen LogP contribution is -2.37. The smallest absolute Gasteiger partial charge is 0.158 e. The quantitative estimate of drug-likeness (QED) is 0.359. The molecule has 2 N–H and O–H groups in total. The minimum Gasteiger partial charge on any atom is -0.388 e. The van der Waals surface area contributed by atoms with Gasteiger partial charge in [0.2, 0.25) is 0 Å². The summed E-state index contributed by atoms with van der Waals surface area (Å²) in [5.74, 6) is 1.23. The maximum absolute atomic E-state index is 12.7. The van der Waals surface area contributed by atoms with Crippen molar-refractivity contribution in [2.75, 3.05) is 0 Å². The zero-order valence-electron chi connectivity index (χ0n) is 18.8. The summed E-state index contributed by atoms with van der Waals surface area (Å²) in [6.45, 7) is 10.3. The van der Waals surface area contributed by atoms with E-state index in [1.807, 2.05) is 25.2 Å². The highest BCUT2D eigenvalue weighted by molar-refractivity contribution is 5.92. The van der Waals surface area contributed by atoms with Crippen LogP contribution in [0.25, 0.3) is 0 Å². The van der Waals surface area contributed by atoms with E-state index < -0.39 is 12.2 Å². The normalized spacial score (nSPS) is 37.2. The first-order chi connectivity index (χ1) is 14.3. The minimum atomic E-state index is -0.645. The Balaban J connectivity index is 1.76. The Bertz CT molecular complexity index is 768. The van der Waals surface area contributed by atoms with Crippen LogP contribution in [-0.2, 0) is 4.79 Å². The topological polar surface area (TPSA) is 57.5 Å². The van der Waals surface area contributed by atoms with E-state index in [4.69, 9.17) is 0 Å². The van der Waals surface area contributed by atoms with Crippen LogP contribution in [0.4, 0.5) is 0 Å². The van der Waals surface area contributed by atoms with E-state index >= 15 is 0 Å². The number of carbonyl (C=O) groups excluding carboxylic acids is 1. The second-order valence-corrected chi connectivity index (χ2v) is 9.75. The number of ketones is 1.